The number of rotatable bonds is 4. The highest BCUT2D eigenvalue weighted by Gasteiger charge is 2.26. The maximum Gasteiger partial charge on any atom is 0.224 e. The van der Waals surface area contributed by atoms with E-state index in [1.165, 1.54) is 19.4 Å². The molecule has 0 spiro atoms. The highest BCUT2D eigenvalue weighted by atomic mass is 19.1. The molecule has 2 amide bonds. The lowest BCUT2D eigenvalue weighted by molar-refractivity contribution is -0.132. The Morgan fingerprint density at radius 3 is 2.17 bits per heavy atom. The molecule has 6 heteroatoms. The molecule has 0 aliphatic carbocycles. The number of carbonyl (C=O) groups is 2. The zero-order valence-corrected chi connectivity index (χ0v) is 14.0. The molecule has 0 saturated carbocycles. The van der Waals surface area contributed by atoms with Gasteiger partial charge in [0, 0.05) is 25.6 Å². The summed E-state index contributed by atoms with van der Waals surface area (Å²) in [5.41, 5.74) is -0.256. The minimum Gasteiger partial charge on any atom is -0.349 e. The largest absolute Gasteiger partial charge is 0.349 e. The monoisotopic (exact) mass is 338 g/mol. The summed E-state index contributed by atoms with van der Waals surface area (Å²) in [7, 11) is 0. The van der Waals surface area contributed by atoms with Gasteiger partial charge in [0.15, 0.2) is 0 Å². The van der Waals surface area contributed by atoms with Gasteiger partial charge in [0.05, 0.1) is 12.5 Å². The second kappa shape index (κ2) is 8.76. The van der Waals surface area contributed by atoms with Crippen molar-refractivity contribution in [3.8, 4) is 0 Å². The minimum absolute atomic E-state index is 0.141. The van der Waals surface area contributed by atoms with Crippen molar-refractivity contribution in [2.24, 2.45) is 0 Å². The lowest BCUT2D eigenvalue weighted by Crippen LogP contribution is -2.38. The lowest BCUT2D eigenvalue weighted by Gasteiger charge is -2.27. The van der Waals surface area contributed by atoms with Gasteiger partial charge >= 0.3 is 0 Å². The number of amides is 2. The Labute approximate surface area is 141 Å². The van der Waals surface area contributed by atoms with E-state index >= 15 is 0 Å². The first-order valence-electron chi connectivity index (χ1n) is 8.48. The third-order valence-electron chi connectivity index (χ3n) is 4.31. The van der Waals surface area contributed by atoms with Crippen molar-refractivity contribution >= 4 is 11.8 Å². The zero-order chi connectivity index (χ0) is 17.5. The van der Waals surface area contributed by atoms with Gasteiger partial charge in [0.25, 0.3) is 0 Å². The Hall–Kier alpha value is -1.98. The maximum absolute atomic E-state index is 14.0. The van der Waals surface area contributed by atoms with Crippen LogP contribution in [0.15, 0.2) is 18.2 Å². The molecule has 1 fully saturated rings. The average Bonchev–Trinajstić information content (AvgIpc) is 2.45. The van der Waals surface area contributed by atoms with Gasteiger partial charge in [0.2, 0.25) is 11.8 Å². The van der Waals surface area contributed by atoms with Gasteiger partial charge in [-0.05, 0) is 25.0 Å². The Morgan fingerprint density at radius 2 is 1.62 bits per heavy atom. The molecule has 1 atom stereocenters. The van der Waals surface area contributed by atoms with E-state index in [-0.39, 0.29) is 17.9 Å². The van der Waals surface area contributed by atoms with Crippen molar-refractivity contribution in [2.75, 3.05) is 13.1 Å². The number of nitrogens with zero attached hydrogens (tertiary/aromatic N) is 1. The molecule has 4 nitrogen and oxygen atoms in total. The predicted molar refractivity (Wildman–Crippen MR) is 87.2 cm³/mol. The minimum atomic E-state index is -0.998. The van der Waals surface area contributed by atoms with Crippen LogP contribution in [0.1, 0.15) is 57.1 Å². The maximum atomic E-state index is 14.0. The van der Waals surface area contributed by atoms with Crippen molar-refractivity contribution < 1.29 is 18.4 Å². The summed E-state index contributed by atoms with van der Waals surface area (Å²) in [6.07, 6.45) is 5.07. The molecule has 2 rings (SSSR count). The van der Waals surface area contributed by atoms with Crippen molar-refractivity contribution in [1.29, 1.82) is 0 Å². The molecule has 1 aromatic carbocycles. The topological polar surface area (TPSA) is 49.4 Å². The van der Waals surface area contributed by atoms with E-state index in [1.807, 2.05) is 0 Å². The smallest absolute Gasteiger partial charge is 0.224 e. The second-order valence-electron chi connectivity index (χ2n) is 6.24. The second-order valence-corrected chi connectivity index (χ2v) is 6.24. The number of likely N-dealkylation sites (tertiary alicyclic amines) is 1. The fourth-order valence-corrected chi connectivity index (χ4v) is 3.11. The summed E-state index contributed by atoms with van der Waals surface area (Å²) >= 11 is 0. The van der Waals surface area contributed by atoms with Crippen LogP contribution in [0, 0.1) is 11.6 Å². The lowest BCUT2D eigenvalue weighted by atomic mass is 10.0. The van der Waals surface area contributed by atoms with E-state index in [2.05, 4.69) is 5.32 Å². The number of halogens is 2. The van der Waals surface area contributed by atoms with Gasteiger partial charge in [-0.15, -0.1) is 0 Å². The van der Waals surface area contributed by atoms with Crippen LogP contribution in [-0.4, -0.2) is 29.8 Å². The molecule has 24 heavy (non-hydrogen) atoms. The third-order valence-corrected chi connectivity index (χ3v) is 4.31. The van der Waals surface area contributed by atoms with E-state index in [0.29, 0.717) is 13.1 Å². The van der Waals surface area contributed by atoms with Crippen LogP contribution in [-0.2, 0) is 9.59 Å². The first-order valence-corrected chi connectivity index (χ1v) is 8.48. The molecule has 1 aliphatic heterocycles. The Kier molecular flexibility index (Phi) is 6.70. The van der Waals surface area contributed by atoms with Crippen LogP contribution in [0.2, 0.25) is 0 Å². The number of benzene rings is 1. The molecule has 0 bridgehead atoms. The van der Waals surface area contributed by atoms with Crippen LogP contribution >= 0.6 is 0 Å². The Bertz CT molecular complexity index is 564. The standard InChI is InChI=1S/C18H24F2N2O2/c1-13(23)21-16(18-14(19)8-7-9-15(18)20)12-17(24)22-10-5-3-2-4-6-11-22/h7-9,16H,2-6,10-12H2,1H3,(H,21,23)/t16-/m0/s1. The number of hydrogen-bond acceptors (Lipinski definition) is 2. The average molecular weight is 338 g/mol. The molecule has 1 heterocycles. The summed E-state index contributed by atoms with van der Waals surface area (Å²) in [4.78, 5) is 25.8. The molecule has 1 saturated heterocycles. The molecule has 0 unspecified atom stereocenters. The first kappa shape index (κ1) is 18.4. The van der Waals surface area contributed by atoms with Crippen LogP contribution < -0.4 is 5.32 Å². The SMILES string of the molecule is CC(=O)N[C@@H](CC(=O)N1CCCCCCC1)c1c(F)cccc1F. The van der Waals surface area contributed by atoms with Gasteiger partial charge in [-0.3, -0.25) is 9.59 Å². The molecule has 132 valence electrons. The molecule has 0 radical (unpaired) electrons. The van der Waals surface area contributed by atoms with E-state index < -0.39 is 23.6 Å². The molecular weight excluding hydrogens is 314 g/mol. The third kappa shape index (κ3) is 5.01. The van der Waals surface area contributed by atoms with Crippen molar-refractivity contribution in [2.45, 2.75) is 51.5 Å². The number of nitrogens with one attached hydrogen (secondary N) is 1. The van der Waals surface area contributed by atoms with E-state index in [4.69, 9.17) is 0 Å². The quantitative estimate of drug-likeness (QED) is 0.915. The van der Waals surface area contributed by atoms with Crippen LogP contribution in [0.5, 0.6) is 0 Å². The Morgan fingerprint density at radius 1 is 1.08 bits per heavy atom. The normalized spacial score (nSPS) is 16.9. The van der Waals surface area contributed by atoms with E-state index in [1.54, 1.807) is 4.90 Å². The molecule has 1 N–H and O–H groups in total. The summed E-state index contributed by atoms with van der Waals surface area (Å²) in [5.74, 6) is -2.12. The molecule has 1 aliphatic rings. The molecular formula is C18H24F2N2O2. The fraction of sp³-hybridized carbons (Fsp3) is 0.556. The first-order chi connectivity index (χ1) is 11.5. The van der Waals surface area contributed by atoms with Crippen LogP contribution in [0.3, 0.4) is 0 Å². The van der Waals surface area contributed by atoms with Crippen molar-refractivity contribution in [3.63, 3.8) is 0 Å². The highest BCUT2D eigenvalue weighted by Crippen LogP contribution is 2.25. The van der Waals surface area contributed by atoms with Crippen LogP contribution in [0.25, 0.3) is 0 Å². The summed E-state index contributed by atoms with van der Waals surface area (Å²) in [6.45, 7) is 2.59. The zero-order valence-electron chi connectivity index (χ0n) is 14.0. The fourth-order valence-electron chi connectivity index (χ4n) is 3.11. The van der Waals surface area contributed by atoms with Gasteiger partial charge in [-0.1, -0.05) is 25.3 Å². The van der Waals surface area contributed by atoms with Gasteiger partial charge in [-0.2, -0.15) is 0 Å². The summed E-state index contributed by atoms with van der Waals surface area (Å²) in [5, 5.41) is 2.51. The highest BCUT2D eigenvalue weighted by molar-refractivity contribution is 5.79. The van der Waals surface area contributed by atoms with Gasteiger partial charge in [0.1, 0.15) is 11.6 Å². The number of carbonyl (C=O) groups excluding carboxylic acids is 2. The van der Waals surface area contributed by atoms with E-state index in [9.17, 15) is 18.4 Å². The molecule has 0 aromatic heterocycles. The molecule has 1 aromatic rings. The van der Waals surface area contributed by atoms with Crippen molar-refractivity contribution in [1.82, 2.24) is 10.2 Å². The summed E-state index contributed by atoms with van der Waals surface area (Å²) in [6, 6.07) is 2.53. The van der Waals surface area contributed by atoms with Crippen LogP contribution in [0.4, 0.5) is 8.78 Å². The number of hydrogen-bond donors (Lipinski definition) is 1. The van der Waals surface area contributed by atoms with E-state index in [0.717, 1.165) is 37.8 Å². The van der Waals surface area contributed by atoms with Crippen molar-refractivity contribution in [3.05, 3.63) is 35.4 Å². The Balaban J connectivity index is 2.16. The van der Waals surface area contributed by atoms with Gasteiger partial charge in [-0.25, -0.2) is 8.78 Å². The summed E-state index contributed by atoms with van der Waals surface area (Å²) < 4.78 is 28.1. The predicted octanol–water partition coefficient (Wildman–Crippen LogP) is 3.32. The van der Waals surface area contributed by atoms with Gasteiger partial charge < -0.3 is 10.2 Å².